The largest absolute Gasteiger partial charge is 0.490 e. The molecule has 2 aromatic heterocycles. The van der Waals surface area contributed by atoms with Crippen LogP contribution >= 0.6 is 11.3 Å². The average Bonchev–Trinajstić information content (AvgIpc) is 3.16. The fourth-order valence-corrected chi connectivity index (χ4v) is 3.15. The Morgan fingerprint density at radius 1 is 1.39 bits per heavy atom. The quantitative estimate of drug-likeness (QED) is 0.733. The SMILES string of the molecule is CCOc1cccc2cc([C@@H](C)NC(=O)Cc3ccsc3)oc12. The van der Waals surface area contributed by atoms with Gasteiger partial charge in [-0.1, -0.05) is 12.1 Å². The lowest BCUT2D eigenvalue weighted by atomic mass is 10.2. The van der Waals surface area contributed by atoms with Crippen molar-refractivity contribution in [2.24, 2.45) is 0 Å². The zero-order chi connectivity index (χ0) is 16.2. The second-order valence-corrected chi connectivity index (χ2v) is 6.13. The molecule has 0 aliphatic heterocycles. The number of para-hydroxylation sites is 1. The molecule has 3 rings (SSSR count). The van der Waals surface area contributed by atoms with Crippen LogP contribution in [-0.2, 0) is 11.2 Å². The Kier molecular flexibility index (Phi) is 4.67. The Balaban J connectivity index is 1.74. The third kappa shape index (κ3) is 3.56. The Labute approximate surface area is 139 Å². The first-order valence-electron chi connectivity index (χ1n) is 7.63. The van der Waals surface area contributed by atoms with Gasteiger partial charge in [-0.05, 0) is 48.4 Å². The highest BCUT2D eigenvalue weighted by Gasteiger charge is 2.16. The predicted molar refractivity (Wildman–Crippen MR) is 92.0 cm³/mol. The number of thiophene rings is 1. The molecule has 0 saturated heterocycles. The number of carbonyl (C=O) groups excluding carboxylic acids is 1. The van der Waals surface area contributed by atoms with Gasteiger partial charge in [-0.2, -0.15) is 11.3 Å². The van der Waals surface area contributed by atoms with Crippen LogP contribution in [0.1, 0.15) is 31.2 Å². The van der Waals surface area contributed by atoms with E-state index in [1.807, 2.05) is 54.9 Å². The van der Waals surface area contributed by atoms with Gasteiger partial charge in [0.2, 0.25) is 5.91 Å². The molecule has 0 saturated carbocycles. The van der Waals surface area contributed by atoms with Crippen molar-refractivity contribution in [3.8, 4) is 5.75 Å². The van der Waals surface area contributed by atoms with Crippen LogP contribution in [0.2, 0.25) is 0 Å². The van der Waals surface area contributed by atoms with Crippen molar-refractivity contribution in [2.75, 3.05) is 6.61 Å². The van der Waals surface area contributed by atoms with Gasteiger partial charge in [0.1, 0.15) is 5.76 Å². The number of furan rings is 1. The van der Waals surface area contributed by atoms with Crippen LogP contribution < -0.4 is 10.1 Å². The molecule has 0 radical (unpaired) electrons. The third-order valence-corrected chi connectivity index (χ3v) is 4.31. The molecule has 1 atom stereocenters. The molecule has 120 valence electrons. The molecule has 0 spiro atoms. The summed E-state index contributed by atoms with van der Waals surface area (Å²) >= 11 is 1.59. The van der Waals surface area contributed by atoms with E-state index in [4.69, 9.17) is 9.15 Å². The van der Waals surface area contributed by atoms with Gasteiger partial charge in [0, 0.05) is 5.39 Å². The summed E-state index contributed by atoms with van der Waals surface area (Å²) in [5.41, 5.74) is 1.76. The lowest BCUT2D eigenvalue weighted by Gasteiger charge is -2.11. The van der Waals surface area contributed by atoms with Crippen LogP contribution in [-0.4, -0.2) is 12.5 Å². The van der Waals surface area contributed by atoms with E-state index in [9.17, 15) is 4.79 Å². The minimum absolute atomic E-state index is 0.0126. The monoisotopic (exact) mass is 329 g/mol. The molecule has 0 unspecified atom stereocenters. The smallest absolute Gasteiger partial charge is 0.225 e. The topological polar surface area (TPSA) is 51.5 Å². The molecule has 2 heterocycles. The maximum atomic E-state index is 12.1. The molecule has 1 aromatic carbocycles. The highest BCUT2D eigenvalue weighted by Crippen LogP contribution is 2.31. The zero-order valence-corrected chi connectivity index (χ0v) is 14.0. The molecule has 0 bridgehead atoms. The second-order valence-electron chi connectivity index (χ2n) is 5.35. The fourth-order valence-electron chi connectivity index (χ4n) is 2.48. The van der Waals surface area contributed by atoms with Gasteiger partial charge in [0.15, 0.2) is 11.3 Å². The van der Waals surface area contributed by atoms with Crippen LogP contribution in [0.5, 0.6) is 5.75 Å². The van der Waals surface area contributed by atoms with Gasteiger partial charge in [0.05, 0.1) is 19.1 Å². The highest BCUT2D eigenvalue weighted by molar-refractivity contribution is 7.08. The van der Waals surface area contributed by atoms with E-state index in [2.05, 4.69) is 5.32 Å². The molecule has 0 aliphatic rings. The second kappa shape index (κ2) is 6.87. The number of ether oxygens (including phenoxy) is 1. The Hall–Kier alpha value is -2.27. The molecule has 0 aliphatic carbocycles. The summed E-state index contributed by atoms with van der Waals surface area (Å²) in [5, 5.41) is 7.91. The summed E-state index contributed by atoms with van der Waals surface area (Å²) in [6.07, 6.45) is 0.387. The number of nitrogens with one attached hydrogen (secondary N) is 1. The summed E-state index contributed by atoms with van der Waals surface area (Å²) < 4.78 is 11.5. The third-order valence-electron chi connectivity index (χ3n) is 3.58. The van der Waals surface area contributed by atoms with Crippen molar-refractivity contribution in [3.05, 3.63) is 52.4 Å². The average molecular weight is 329 g/mol. The summed E-state index contributed by atoms with van der Waals surface area (Å²) in [5.74, 6) is 1.44. The Morgan fingerprint density at radius 3 is 3.00 bits per heavy atom. The number of hydrogen-bond acceptors (Lipinski definition) is 4. The van der Waals surface area contributed by atoms with E-state index in [0.717, 1.165) is 28.0 Å². The van der Waals surface area contributed by atoms with Gasteiger partial charge in [-0.15, -0.1) is 0 Å². The molecule has 5 heteroatoms. The molecular formula is C18H19NO3S. The van der Waals surface area contributed by atoms with Gasteiger partial charge >= 0.3 is 0 Å². The van der Waals surface area contributed by atoms with Gasteiger partial charge in [0.25, 0.3) is 0 Å². The maximum absolute atomic E-state index is 12.1. The van der Waals surface area contributed by atoms with E-state index in [0.29, 0.717) is 13.0 Å². The maximum Gasteiger partial charge on any atom is 0.225 e. The van der Waals surface area contributed by atoms with Gasteiger partial charge in [-0.3, -0.25) is 4.79 Å². The van der Waals surface area contributed by atoms with Gasteiger partial charge < -0.3 is 14.5 Å². The van der Waals surface area contributed by atoms with Crippen LogP contribution in [0.25, 0.3) is 11.0 Å². The van der Waals surface area contributed by atoms with E-state index < -0.39 is 0 Å². The van der Waals surface area contributed by atoms with Crippen LogP contribution in [0.15, 0.2) is 45.5 Å². The lowest BCUT2D eigenvalue weighted by molar-refractivity contribution is -0.121. The summed E-state index contributed by atoms with van der Waals surface area (Å²) in [6, 6.07) is 9.52. The molecule has 23 heavy (non-hydrogen) atoms. The first kappa shape index (κ1) is 15.6. The van der Waals surface area contributed by atoms with Crippen molar-refractivity contribution in [1.29, 1.82) is 0 Å². The minimum Gasteiger partial charge on any atom is -0.490 e. The van der Waals surface area contributed by atoms with Crippen LogP contribution in [0, 0.1) is 0 Å². The number of amides is 1. The van der Waals surface area contributed by atoms with Crippen molar-refractivity contribution in [2.45, 2.75) is 26.3 Å². The fraction of sp³-hybridized carbons (Fsp3) is 0.278. The van der Waals surface area contributed by atoms with Crippen molar-refractivity contribution < 1.29 is 13.9 Å². The lowest BCUT2D eigenvalue weighted by Crippen LogP contribution is -2.27. The zero-order valence-electron chi connectivity index (χ0n) is 13.2. The molecule has 3 aromatic rings. The predicted octanol–water partition coefficient (Wildman–Crippen LogP) is 4.31. The standard InChI is InChI=1S/C18H19NO3S/c1-3-21-15-6-4-5-14-10-16(22-18(14)15)12(2)19-17(20)9-13-7-8-23-11-13/h4-8,10-12H,3,9H2,1-2H3,(H,19,20)/t12-/m1/s1. The van der Waals surface area contributed by atoms with Crippen LogP contribution in [0.4, 0.5) is 0 Å². The van der Waals surface area contributed by atoms with Crippen LogP contribution in [0.3, 0.4) is 0 Å². The molecule has 1 amide bonds. The number of rotatable bonds is 6. The first-order valence-corrected chi connectivity index (χ1v) is 8.57. The first-order chi connectivity index (χ1) is 11.2. The molecular weight excluding hydrogens is 310 g/mol. The van der Waals surface area contributed by atoms with Crippen molar-refractivity contribution in [3.63, 3.8) is 0 Å². The van der Waals surface area contributed by atoms with Gasteiger partial charge in [-0.25, -0.2) is 0 Å². The number of benzene rings is 1. The summed E-state index contributed by atoms with van der Waals surface area (Å²) in [4.78, 5) is 12.1. The molecule has 4 nitrogen and oxygen atoms in total. The van der Waals surface area contributed by atoms with E-state index >= 15 is 0 Å². The highest BCUT2D eigenvalue weighted by atomic mass is 32.1. The normalized spacial score (nSPS) is 12.3. The number of hydrogen-bond donors (Lipinski definition) is 1. The van der Waals surface area contributed by atoms with Crippen molar-refractivity contribution >= 4 is 28.2 Å². The Morgan fingerprint density at radius 2 is 2.26 bits per heavy atom. The van der Waals surface area contributed by atoms with E-state index in [1.165, 1.54) is 0 Å². The molecule has 0 fully saturated rings. The van der Waals surface area contributed by atoms with E-state index in [-0.39, 0.29) is 11.9 Å². The summed E-state index contributed by atoms with van der Waals surface area (Å²) in [6.45, 7) is 4.45. The van der Waals surface area contributed by atoms with Crippen molar-refractivity contribution in [1.82, 2.24) is 5.32 Å². The number of carbonyl (C=O) groups is 1. The van der Waals surface area contributed by atoms with E-state index in [1.54, 1.807) is 11.3 Å². The summed E-state index contributed by atoms with van der Waals surface area (Å²) in [7, 11) is 0. The number of fused-ring (bicyclic) bond motifs is 1. The Bertz CT molecular complexity index is 792. The minimum atomic E-state index is -0.192. The molecule has 1 N–H and O–H groups in total.